The number of H-pyrrole nitrogens is 2. The fourth-order valence-electron chi connectivity index (χ4n) is 3.53. The summed E-state index contributed by atoms with van der Waals surface area (Å²) < 4.78 is 55.8. The molecule has 0 saturated heterocycles. The number of hydrogen-bond acceptors (Lipinski definition) is 4. The highest BCUT2D eigenvalue weighted by Gasteiger charge is 2.24. The number of imidazole rings is 1. The molecule has 5 aromatic rings. The lowest BCUT2D eigenvalue weighted by Crippen LogP contribution is -2.20. The maximum Gasteiger partial charge on any atom is 0.275 e. The highest BCUT2D eigenvalue weighted by Crippen LogP contribution is 2.23. The summed E-state index contributed by atoms with van der Waals surface area (Å²) >= 11 is 0. The third kappa shape index (κ3) is 3.14. The molecular formula is C21H11F4N5O2. The van der Waals surface area contributed by atoms with Crippen LogP contribution in [0.4, 0.5) is 17.6 Å². The molecule has 0 aliphatic carbocycles. The molecule has 4 aromatic heterocycles. The van der Waals surface area contributed by atoms with Gasteiger partial charge in [-0.25, -0.2) is 27.5 Å². The maximum atomic E-state index is 14.0. The third-order valence-electron chi connectivity index (χ3n) is 4.97. The van der Waals surface area contributed by atoms with Crippen LogP contribution >= 0.6 is 0 Å². The molecule has 0 amide bonds. The van der Waals surface area contributed by atoms with Crippen molar-refractivity contribution in [3.63, 3.8) is 0 Å². The topological polar surface area (TPSA) is 96.4 Å². The molecule has 0 atom stereocenters. The van der Waals surface area contributed by atoms with Gasteiger partial charge in [0.05, 0.1) is 23.8 Å². The Morgan fingerprint density at radius 2 is 1.81 bits per heavy atom. The lowest BCUT2D eigenvalue weighted by Gasteiger charge is -2.05. The lowest BCUT2D eigenvalue weighted by atomic mass is 10.0. The summed E-state index contributed by atoms with van der Waals surface area (Å²) in [6.45, 7) is -0.00370. The molecular weight excluding hydrogens is 430 g/mol. The van der Waals surface area contributed by atoms with Crippen molar-refractivity contribution in [3.05, 3.63) is 93.4 Å². The molecule has 160 valence electrons. The number of nitrogens with zero attached hydrogens (tertiary/aromatic N) is 3. The number of ketones is 1. The smallest absolute Gasteiger partial charge is 0.275 e. The van der Waals surface area contributed by atoms with Crippen molar-refractivity contribution in [2.75, 3.05) is 0 Å². The van der Waals surface area contributed by atoms with Crippen LogP contribution < -0.4 is 5.56 Å². The summed E-state index contributed by atoms with van der Waals surface area (Å²) in [6.07, 6.45) is 3.57. The summed E-state index contributed by atoms with van der Waals surface area (Å²) in [5.74, 6) is -5.06. The van der Waals surface area contributed by atoms with Gasteiger partial charge in [0, 0.05) is 41.5 Å². The van der Waals surface area contributed by atoms with Crippen LogP contribution in [0.15, 0.2) is 47.7 Å². The quantitative estimate of drug-likeness (QED) is 0.330. The fraction of sp³-hybridized carbons (Fsp3) is 0.0476. The van der Waals surface area contributed by atoms with Gasteiger partial charge in [-0.3, -0.25) is 9.59 Å². The van der Waals surface area contributed by atoms with Crippen LogP contribution in [0, 0.1) is 23.3 Å². The van der Waals surface area contributed by atoms with Gasteiger partial charge in [-0.1, -0.05) is 0 Å². The summed E-state index contributed by atoms with van der Waals surface area (Å²) in [5.41, 5.74) is -0.910. The van der Waals surface area contributed by atoms with Crippen LogP contribution in [0.25, 0.3) is 22.1 Å². The molecule has 0 fully saturated rings. The standard InChI is InChI=1S/C21H11F4N5O2/c22-9-3-13(24)17(14(25)4-9)19(31)12-7-26-18-11(12)1-2-30(21(18)32)8-16-28-15-5-10(23)6-27-20(15)29-16/h1-7,26H,8H2,(H,27,28,29). The molecule has 0 aliphatic rings. The zero-order chi connectivity index (χ0) is 22.6. The Bertz CT molecular complexity index is 1580. The summed E-state index contributed by atoms with van der Waals surface area (Å²) in [4.78, 5) is 39.1. The molecule has 7 nitrogen and oxygen atoms in total. The monoisotopic (exact) mass is 441 g/mol. The predicted molar refractivity (Wildman–Crippen MR) is 105 cm³/mol. The van der Waals surface area contributed by atoms with Gasteiger partial charge >= 0.3 is 0 Å². The van der Waals surface area contributed by atoms with Crippen molar-refractivity contribution >= 4 is 27.9 Å². The Balaban J connectivity index is 1.53. The Kier molecular flexibility index (Phi) is 4.40. The molecule has 2 N–H and O–H groups in total. The zero-order valence-electron chi connectivity index (χ0n) is 15.9. The van der Waals surface area contributed by atoms with E-state index in [2.05, 4.69) is 19.9 Å². The number of hydrogen-bond donors (Lipinski definition) is 2. The van der Waals surface area contributed by atoms with Gasteiger partial charge in [-0.15, -0.1) is 0 Å². The average molecular weight is 441 g/mol. The molecule has 5 rings (SSSR count). The lowest BCUT2D eigenvalue weighted by molar-refractivity contribution is 0.103. The number of benzene rings is 1. The number of carbonyl (C=O) groups excluding carboxylic acids is 1. The van der Waals surface area contributed by atoms with Crippen LogP contribution in [-0.2, 0) is 6.54 Å². The first-order valence-corrected chi connectivity index (χ1v) is 9.21. The van der Waals surface area contributed by atoms with E-state index in [4.69, 9.17) is 0 Å². The van der Waals surface area contributed by atoms with E-state index in [0.29, 0.717) is 23.5 Å². The normalized spacial score (nSPS) is 11.5. The largest absolute Gasteiger partial charge is 0.356 e. The number of halogens is 4. The Hall–Kier alpha value is -4.28. The molecule has 0 aliphatic heterocycles. The third-order valence-corrected chi connectivity index (χ3v) is 4.97. The Morgan fingerprint density at radius 3 is 2.56 bits per heavy atom. The first-order valence-electron chi connectivity index (χ1n) is 9.21. The molecule has 32 heavy (non-hydrogen) atoms. The molecule has 0 unspecified atom stereocenters. The van der Waals surface area contributed by atoms with E-state index in [9.17, 15) is 27.2 Å². The van der Waals surface area contributed by atoms with E-state index >= 15 is 0 Å². The first kappa shape index (κ1) is 19.7. The number of fused-ring (bicyclic) bond motifs is 2. The second kappa shape index (κ2) is 7.15. The van der Waals surface area contributed by atoms with Gasteiger partial charge in [-0.05, 0) is 6.07 Å². The fourth-order valence-corrected chi connectivity index (χ4v) is 3.53. The van der Waals surface area contributed by atoms with Gasteiger partial charge in [0.15, 0.2) is 5.65 Å². The predicted octanol–water partition coefficient (Wildman–Crippen LogP) is 3.44. The summed E-state index contributed by atoms with van der Waals surface area (Å²) in [7, 11) is 0. The zero-order valence-corrected chi connectivity index (χ0v) is 15.9. The highest BCUT2D eigenvalue weighted by molar-refractivity contribution is 6.16. The first-order chi connectivity index (χ1) is 15.3. The molecule has 0 bridgehead atoms. The van der Waals surface area contributed by atoms with E-state index in [-0.39, 0.29) is 28.7 Å². The van der Waals surface area contributed by atoms with E-state index < -0.39 is 40.2 Å². The molecule has 0 radical (unpaired) electrons. The van der Waals surface area contributed by atoms with Crippen molar-refractivity contribution in [3.8, 4) is 0 Å². The van der Waals surface area contributed by atoms with Gasteiger partial charge in [0.2, 0.25) is 5.78 Å². The number of aromatic nitrogens is 5. The van der Waals surface area contributed by atoms with Crippen molar-refractivity contribution in [1.82, 2.24) is 24.5 Å². The van der Waals surface area contributed by atoms with Crippen LogP contribution in [-0.4, -0.2) is 30.3 Å². The molecule has 0 saturated carbocycles. The highest BCUT2D eigenvalue weighted by atomic mass is 19.1. The molecule has 0 spiro atoms. The second-order valence-electron chi connectivity index (χ2n) is 7.02. The number of pyridine rings is 2. The van der Waals surface area contributed by atoms with Crippen molar-refractivity contribution < 1.29 is 22.4 Å². The van der Waals surface area contributed by atoms with Gasteiger partial charge in [0.1, 0.15) is 34.6 Å². The van der Waals surface area contributed by atoms with Gasteiger partial charge in [0.25, 0.3) is 5.56 Å². The minimum Gasteiger partial charge on any atom is -0.356 e. The van der Waals surface area contributed by atoms with E-state index in [0.717, 1.165) is 12.4 Å². The van der Waals surface area contributed by atoms with Gasteiger partial charge in [-0.2, -0.15) is 0 Å². The Morgan fingerprint density at radius 1 is 1.06 bits per heavy atom. The number of rotatable bonds is 4. The minimum absolute atomic E-state index is 0.00370. The van der Waals surface area contributed by atoms with Crippen molar-refractivity contribution in [1.29, 1.82) is 0 Å². The van der Waals surface area contributed by atoms with Crippen LogP contribution in [0.5, 0.6) is 0 Å². The summed E-state index contributed by atoms with van der Waals surface area (Å²) in [6, 6.07) is 3.47. The van der Waals surface area contributed by atoms with E-state index in [1.54, 1.807) is 0 Å². The van der Waals surface area contributed by atoms with E-state index in [1.807, 2.05) is 0 Å². The Labute approximate surface area is 175 Å². The second-order valence-corrected chi connectivity index (χ2v) is 7.02. The van der Waals surface area contributed by atoms with Crippen molar-refractivity contribution in [2.24, 2.45) is 0 Å². The number of aromatic amines is 2. The minimum atomic E-state index is -1.34. The van der Waals surface area contributed by atoms with Crippen LogP contribution in [0.2, 0.25) is 0 Å². The van der Waals surface area contributed by atoms with Crippen LogP contribution in [0.3, 0.4) is 0 Å². The number of nitrogens with one attached hydrogen (secondary N) is 2. The van der Waals surface area contributed by atoms with Crippen LogP contribution in [0.1, 0.15) is 21.7 Å². The maximum absolute atomic E-state index is 14.0. The number of carbonyl (C=O) groups is 1. The van der Waals surface area contributed by atoms with Gasteiger partial charge < -0.3 is 14.5 Å². The molecule has 11 heteroatoms. The summed E-state index contributed by atoms with van der Waals surface area (Å²) in [5, 5.41) is 0.146. The molecule has 1 aromatic carbocycles. The van der Waals surface area contributed by atoms with E-state index in [1.165, 1.54) is 22.9 Å². The van der Waals surface area contributed by atoms with Crippen molar-refractivity contribution in [2.45, 2.75) is 6.54 Å². The molecule has 4 heterocycles. The SMILES string of the molecule is O=C(c1c(F)cc(F)cc1F)c1c[nH]c2c(=O)n(Cc3nc4ncc(F)cc4[nH]3)ccc12. The average Bonchev–Trinajstić information content (AvgIpc) is 3.33.